The average Bonchev–Trinajstić information content (AvgIpc) is 2.48. The number of halogens is 1. The Morgan fingerprint density at radius 1 is 1.09 bits per heavy atom. The molecule has 0 saturated carbocycles. The molecule has 0 aliphatic rings. The van der Waals surface area contributed by atoms with Crippen LogP contribution in [-0.2, 0) is 10.0 Å². The third-order valence-electron chi connectivity index (χ3n) is 3.11. The topological polar surface area (TPSA) is 66.5 Å². The average molecular weight is 339 g/mol. The Bertz CT molecular complexity index is 806. The molecule has 7 heteroatoms. The van der Waals surface area contributed by atoms with Gasteiger partial charge in [-0.2, -0.15) is 0 Å². The Hall–Kier alpha value is -2.05. The maximum absolute atomic E-state index is 12.4. The normalized spacial score (nSPS) is 11.0. The van der Waals surface area contributed by atoms with Gasteiger partial charge in [0.25, 0.3) is 5.91 Å². The summed E-state index contributed by atoms with van der Waals surface area (Å²) in [6.45, 7) is 0. The van der Waals surface area contributed by atoms with Gasteiger partial charge in [0.2, 0.25) is 10.0 Å². The third kappa shape index (κ3) is 3.58. The van der Waals surface area contributed by atoms with Gasteiger partial charge in [0.15, 0.2) is 0 Å². The van der Waals surface area contributed by atoms with Crippen molar-refractivity contribution < 1.29 is 13.2 Å². The molecule has 0 fully saturated rings. The summed E-state index contributed by atoms with van der Waals surface area (Å²) in [6.07, 6.45) is 1.08. The third-order valence-corrected chi connectivity index (χ3v) is 4.63. The van der Waals surface area contributed by atoms with Crippen LogP contribution in [0.1, 0.15) is 10.4 Å². The molecule has 0 aliphatic carbocycles. The summed E-state index contributed by atoms with van der Waals surface area (Å²) < 4.78 is 24.4. The van der Waals surface area contributed by atoms with Crippen molar-refractivity contribution in [3.05, 3.63) is 59.1 Å². The maximum Gasteiger partial charge on any atom is 0.257 e. The van der Waals surface area contributed by atoms with Crippen LogP contribution in [0.3, 0.4) is 0 Å². The van der Waals surface area contributed by atoms with Gasteiger partial charge >= 0.3 is 0 Å². The van der Waals surface area contributed by atoms with Crippen LogP contribution in [0.25, 0.3) is 0 Å². The highest BCUT2D eigenvalue weighted by atomic mass is 35.5. The Morgan fingerprint density at radius 2 is 1.68 bits per heavy atom. The first-order chi connectivity index (χ1) is 10.3. The van der Waals surface area contributed by atoms with Crippen molar-refractivity contribution in [2.24, 2.45) is 0 Å². The second-order valence-electron chi connectivity index (χ2n) is 4.68. The van der Waals surface area contributed by atoms with Gasteiger partial charge < -0.3 is 5.32 Å². The number of anilines is 2. The van der Waals surface area contributed by atoms with E-state index in [0.717, 1.165) is 10.6 Å². The molecule has 2 rings (SSSR count). The molecule has 0 radical (unpaired) electrons. The zero-order valence-electron chi connectivity index (χ0n) is 12.1. The van der Waals surface area contributed by atoms with Crippen LogP contribution < -0.4 is 9.62 Å². The standard InChI is InChI=1S/C15H15ClN2O3S/c1-18(22(2,20)21)14-10-6-3-7-11(14)15(19)17-13-9-5-4-8-12(13)16/h3-10H,1-2H3,(H,17,19). The summed E-state index contributed by atoms with van der Waals surface area (Å²) >= 11 is 6.01. The van der Waals surface area contributed by atoms with Gasteiger partial charge in [-0.1, -0.05) is 35.9 Å². The van der Waals surface area contributed by atoms with E-state index >= 15 is 0 Å². The van der Waals surface area contributed by atoms with Crippen molar-refractivity contribution in [3.8, 4) is 0 Å². The van der Waals surface area contributed by atoms with E-state index in [1.165, 1.54) is 7.05 Å². The highest BCUT2D eigenvalue weighted by Crippen LogP contribution is 2.25. The number of carbonyl (C=O) groups excluding carboxylic acids is 1. The van der Waals surface area contributed by atoms with Crippen LogP contribution in [0.4, 0.5) is 11.4 Å². The monoisotopic (exact) mass is 338 g/mol. The van der Waals surface area contributed by atoms with E-state index in [4.69, 9.17) is 11.6 Å². The van der Waals surface area contributed by atoms with Crippen molar-refractivity contribution >= 4 is 38.9 Å². The molecule has 2 aromatic carbocycles. The van der Waals surface area contributed by atoms with Crippen LogP contribution in [0.2, 0.25) is 5.02 Å². The SMILES string of the molecule is CN(c1ccccc1C(=O)Nc1ccccc1Cl)S(C)(=O)=O. The van der Waals surface area contributed by atoms with E-state index in [1.807, 2.05) is 0 Å². The zero-order valence-corrected chi connectivity index (χ0v) is 13.6. The summed E-state index contributed by atoms with van der Waals surface area (Å²) in [5, 5.41) is 3.09. The Labute approximate surface area is 134 Å². The lowest BCUT2D eigenvalue weighted by atomic mass is 10.1. The van der Waals surface area contributed by atoms with Crippen molar-refractivity contribution in [3.63, 3.8) is 0 Å². The molecule has 0 atom stereocenters. The number of benzene rings is 2. The Balaban J connectivity index is 2.37. The van der Waals surface area contributed by atoms with E-state index in [0.29, 0.717) is 16.4 Å². The smallest absolute Gasteiger partial charge is 0.257 e. The minimum atomic E-state index is -3.47. The number of hydrogen-bond donors (Lipinski definition) is 1. The molecule has 22 heavy (non-hydrogen) atoms. The van der Waals surface area contributed by atoms with Gasteiger partial charge in [-0.25, -0.2) is 8.42 Å². The molecule has 0 aromatic heterocycles. The highest BCUT2D eigenvalue weighted by Gasteiger charge is 2.19. The van der Waals surface area contributed by atoms with Crippen LogP contribution >= 0.6 is 11.6 Å². The fourth-order valence-corrected chi connectivity index (χ4v) is 2.57. The Kier molecular flexibility index (Phi) is 4.73. The second-order valence-corrected chi connectivity index (χ2v) is 7.10. The number of para-hydroxylation sites is 2. The lowest BCUT2D eigenvalue weighted by Gasteiger charge is -2.19. The van der Waals surface area contributed by atoms with Gasteiger partial charge in [0.05, 0.1) is 28.2 Å². The molecule has 0 unspecified atom stereocenters. The molecule has 1 N–H and O–H groups in total. The van der Waals surface area contributed by atoms with Crippen LogP contribution in [0, 0.1) is 0 Å². The van der Waals surface area contributed by atoms with Crippen molar-refractivity contribution in [1.82, 2.24) is 0 Å². The minimum Gasteiger partial charge on any atom is -0.321 e. The predicted molar refractivity (Wildman–Crippen MR) is 89.1 cm³/mol. The van der Waals surface area contributed by atoms with Gasteiger partial charge in [-0.3, -0.25) is 9.10 Å². The molecule has 0 heterocycles. The predicted octanol–water partition coefficient (Wildman–Crippen LogP) is 2.99. The van der Waals surface area contributed by atoms with Gasteiger partial charge in [0, 0.05) is 7.05 Å². The summed E-state index contributed by atoms with van der Waals surface area (Å²) in [7, 11) is -2.07. The molecule has 1 amide bonds. The first-order valence-corrected chi connectivity index (χ1v) is 8.62. The van der Waals surface area contributed by atoms with E-state index in [1.54, 1.807) is 48.5 Å². The second kappa shape index (κ2) is 6.37. The summed E-state index contributed by atoms with van der Waals surface area (Å²) in [6, 6.07) is 13.3. The molecule has 0 spiro atoms. The van der Waals surface area contributed by atoms with Crippen LogP contribution in [0.15, 0.2) is 48.5 Å². The molecular formula is C15H15ClN2O3S. The van der Waals surface area contributed by atoms with Crippen molar-refractivity contribution in [1.29, 1.82) is 0 Å². The zero-order chi connectivity index (χ0) is 16.3. The summed E-state index contributed by atoms with van der Waals surface area (Å²) in [5.74, 6) is -0.431. The van der Waals surface area contributed by atoms with Crippen LogP contribution in [0.5, 0.6) is 0 Å². The Morgan fingerprint density at radius 3 is 2.32 bits per heavy atom. The molecule has 0 saturated heterocycles. The van der Waals surface area contributed by atoms with Crippen molar-refractivity contribution in [2.45, 2.75) is 0 Å². The van der Waals surface area contributed by atoms with Gasteiger partial charge in [0.1, 0.15) is 0 Å². The number of carbonyl (C=O) groups is 1. The van der Waals surface area contributed by atoms with E-state index in [2.05, 4.69) is 5.32 Å². The number of amides is 1. The lowest BCUT2D eigenvalue weighted by Crippen LogP contribution is -2.27. The molecule has 0 aliphatic heterocycles. The quantitative estimate of drug-likeness (QED) is 0.932. The van der Waals surface area contributed by atoms with E-state index < -0.39 is 15.9 Å². The highest BCUT2D eigenvalue weighted by molar-refractivity contribution is 7.92. The fourth-order valence-electron chi connectivity index (χ4n) is 1.87. The van der Waals surface area contributed by atoms with Crippen molar-refractivity contribution in [2.75, 3.05) is 22.9 Å². The fraction of sp³-hybridized carbons (Fsp3) is 0.133. The number of hydrogen-bond acceptors (Lipinski definition) is 3. The molecule has 116 valence electrons. The molecule has 0 bridgehead atoms. The largest absolute Gasteiger partial charge is 0.321 e. The molecule has 5 nitrogen and oxygen atoms in total. The first-order valence-electron chi connectivity index (χ1n) is 6.39. The van der Waals surface area contributed by atoms with Crippen LogP contribution in [-0.4, -0.2) is 27.6 Å². The number of nitrogens with zero attached hydrogens (tertiary/aromatic N) is 1. The number of nitrogens with one attached hydrogen (secondary N) is 1. The molecule has 2 aromatic rings. The maximum atomic E-state index is 12.4. The summed E-state index contributed by atoms with van der Waals surface area (Å²) in [4.78, 5) is 12.4. The first kappa shape index (κ1) is 16.3. The van der Waals surface area contributed by atoms with Gasteiger partial charge in [-0.15, -0.1) is 0 Å². The molecular weight excluding hydrogens is 324 g/mol. The van der Waals surface area contributed by atoms with Gasteiger partial charge in [-0.05, 0) is 24.3 Å². The number of sulfonamides is 1. The minimum absolute atomic E-state index is 0.246. The van der Waals surface area contributed by atoms with E-state index in [-0.39, 0.29) is 5.56 Å². The van der Waals surface area contributed by atoms with E-state index in [9.17, 15) is 13.2 Å². The summed E-state index contributed by atoms with van der Waals surface area (Å²) in [5.41, 5.74) is 1.01. The number of rotatable bonds is 4. The lowest BCUT2D eigenvalue weighted by molar-refractivity contribution is 0.102.